The second-order valence-corrected chi connectivity index (χ2v) is 6.08. The molecular weight excluding hydrogens is 236 g/mol. The molecule has 4 rings (SSSR count). The van der Waals surface area contributed by atoms with Crippen LogP contribution >= 0.6 is 11.3 Å². The number of fused-ring (bicyclic) bond motifs is 5. The molecule has 1 heterocycles. The predicted octanol–water partition coefficient (Wildman–Crippen LogP) is 5.32. The van der Waals surface area contributed by atoms with Gasteiger partial charge >= 0.3 is 0 Å². The van der Waals surface area contributed by atoms with Crippen molar-refractivity contribution in [2.24, 2.45) is 0 Å². The van der Waals surface area contributed by atoms with E-state index in [0.29, 0.717) is 0 Å². The lowest BCUT2D eigenvalue weighted by Crippen LogP contribution is -1.94. The Labute approximate surface area is 111 Å². The van der Waals surface area contributed by atoms with Gasteiger partial charge in [0.15, 0.2) is 0 Å². The molecule has 0 bridgehead atoms. The van der Waals surface area contributed by atoms with Crippen LogP contribution in [-0.2, 0) is 6.42 Å². The average molecular weight is 250 g/mol. The maximum Gasteiger partial charge on any atom is 0.0358 e. The number of hydrogen-bond acceptors (Lipinski definition) is 1. The molecule has 0 saturated heterocycles. The fourth-order valence-electron chi connectivity index (χ4n) is 3.03. The topological polar surface area (TPSA) is 0 Å². The largest absolute Gasteiger partial charge is 0.135 e. The monoisotopic (exact) mass is 250 g/mol. The van der Waals surface area contributed by atoms with Crippen LogP contribution in [0.25, 0.3) is 26.2 Å². The first-order valence-electron chi connectivity index (χ1n) is 6.45. The Balaban J connectivity index is 2.27. The van der Waals surface area contributed by atoms with Crippen LogP contribution in [-0.4, -0.2) is 0 Å². The molecule has 3 aromatic rings. The number of rotatable bonds is 0. The molecule has 0 nitrogen and oxygen atoms in total. The van der Waals surface area contributed by atoms with Crippen molar-refractivity contribution in [3.05, 3.63) is 53.1 Å². The zero-order chi connectivity index (χ0) is 12.1. The zero-order valence-corrected chi connectivity index (χ0v) is 11.2. The first kappa shape index (κ1) is 10.3. The van der Waals surface area contributed by atoms with Gasteiger partial charge in [0, 0.05) is 20.2 Å². The van der Waals surface area contributed by atoms with Gasteiger partial charge < -0.3 is 0 Å². The molecule has 88 valence electrons. The summed E-state index contributed by atoms with van der Waals surface area (Å²) >= 11 is 1.92. The van der Waals surface area contributed by atoms with Crippen LogP contribution < -0.4 is 0 Å². The third-order valence-corrected chi connectivity index (χ3v) is 4.99. The van der Waals surface area contributed by atoms with Crippen molar-refractivity contribution in [3.63, 3.8) is 0 Å². The maximum absolute atomic E-state index is 2.29. The van der Waals surface area contributed by atoms with Gasteiger partial charge in [0.1, 0.15) is 0 Å². The van der Waals surface area contributed by atoms with Gasteiger partial charge in [0.25, 0.3) is 0 Å². The molecule has 0 spiro atoms. The van der Waals surface area contributed by atoms with E-state index in [0.717, 1.165) is 0 Å². The molecule has 0 saturated carbocycles. The standard InChI is InChI=1S/C17H14S/c1-11-5-4-8-14-16(11)17-13-7-3-2-6-12(13)9-10-15(17)18-14/h2,4-6,8-10H,3,7H2,1H3. The smallest absolute Gasteiger partial charge is 0.0358 e. The minimum absolute atomic E-state index is 1.18. The molecule has 0 radical (unpaired) electrons. The molecule has 18 heavy (non-hydrogen) atoms. The minimum atomic E-state index is 1.18. The Morgan fingerprint density at radius 2 is 1.89 bits per heavy atom. The minimum Gasteiger partial charge on any atom is -0.135 e. The molecular formula is C17H14S. The van der Waals surface area contributed by atoms with Crippen molar-refractivity contribution in [3.8, 4) is 0 Å². The fraction of sp³-hybridized carbons (Fsp3) is 0.176. The Morgan fingerprint density at radius 3 is 2.83 bits per heavy atom. The highest BCUT2D eigenvalue weighted by molar-refractivity contribution is 7.25. The van der Waals surface area contributed by atoms with E-state index in [9.17, 15) is 0 Å². The third-order valence-electron chi connectivity index (χ3n) is 3.87. The van der Waals surface area contributed by atoms with Crippen LogP contribution in [0.5, 0.6) is 0 Å². The van der Waals surface area contributed by atoms with Crippen molar-refractivity contribution < 1.29 is 0 Å². The summed E-state index contributed by atoms with van der Waals surface area (Å²) in [5.74, 6) is 0. The van der Waals surface area contributed by atoms with Crippen molar-refractivity contribution >= 4 is 37.6 Å². The SMILES string of the molecule is Cc1cccc2sc3ccc4c(c3c12)CCC=C4. The van der Waals surface area contributed by atoms with E-state index in [1.165, 1.54) is 44.1 Å². The molecule has 1 aromatic heterocycles. The highest BCUT2D eigenvalue weighted by Crippen LogP contribution is 2.40. The summed E-state index contributed by atoms with van der Waals surface area (Å²) in [6.45, 7) is 2.23. The normalized spacial score (nSPS) is 14.3. The van der Waals surface area contributed by atoms with Crippen LogP contribution in [0.4, 0.5) is 0 Å². The number of hydrogen-bond donors (Lipinski definition) is 0. The summed E-state index contributed by atoms with van der Waals surface area (Å²) in [4.78, 5) is 0. The molecule has 0 N–H and O–H groups in total. The Hall–Kier alpha value is -1.60. The fourth-order valence-corrected chi connectivity index (χ4v) is 4.24. The first-order valence-corrected chi connectivity index (χ1v) is 7.26. The van der Waals surface area contributed by atoms with E-state index in [-0.39, 0.29) is 0 Å². The van der Waals surface area contributed by atoms with E-state index in [1.54, 1.807) is 5.56 Å². The van der Waals surface area contributed by atoms with Gasteiger partial charge in [-0.3, -0.25) is 0 Å². The Morgan fingerprint density at radius 1 is 1.00 bits per heavy atom. The highest BCUT2D eigenvalue weighted by atomic mass is 32.1. The molecule has 2 aromatic carbocycles. The van der Waals surface area contributed by atoms with E-state index in [1.807, 2.05) is 11.3 Å². The van der Waals surface area contributed by atoms with Gasteiger partial charge in [-0.2, -0.15) is 0 Å². The van der Waals surface area contributed by atoms with Crippen LogP contribution in [0.2, 0.25) is 0 Å². The molecule has 0 aliphatic heterocycles. The Kier molecular flexibility index (Phi) is 2.12. The highest BCUT2D eigenvalue weighted by Gasteiger charge is 2.14. The van der Waals surface area contributed by atoms with Crippen LogP contribution in [0, 0.1) is 6.92 Å². The summed E-state index contributed by atoms with van der Waals surface area (Å²) in [5, 5.41) is 2.99. The molecule has 1 aliphatic carbocycles. The molecule has 0 amide bonds. The second-order valence-electron chi connectivity index (χ2n) is 5.00. The van der Waals surface area contributed by atoms with Gasteiger partial charge in [-0.1, -0.05) is 30.4 Å². The van der Waals surface area contributed by atoms with Gasteiger partial charge in [-0.15, -0.1) is 11.3 Å². The summed E-state index contributed by atoms with van der Waals surface area (Å²) in [6, 6.07) is 11.2. The van der Waals surface area contributed by atoms with Crippen LogP contribution in [0.1, 0.15) is 23.1 Å². The lowest BCUT2D eigenvalue weighted by Gasteiger charge is -2.12. The molecule has 0 atom stereocenters. The van der Waals surface area contributed by atoms with Crippen LogP contribution in [0.15, 0.2) is 36.4 Å². The van der Waals surface area contributed by atoms with Crippen molar-refractivity contribution in [1.29, 1.82) is 0 Å². The summed E-state index contributed by atoms with van der Waals surface area (Å²) < 4.78 is 2.86. The molecule has 1 heteroatoms. The van der Waals surface area contributed by atoms with Gasteiger partial charge in [-0.25, -0.2) is 0 Å². The van der Waals surface area contributed by atoms with E-state index >= 15 is 0 Å². The molecule has 0 unspecified atom stereocenters. The lowest BCUT2D eigenvalue weighted by molar-refractivity contribution is 0.999. The number of thiophene rings is 1. The number of benzene rings is 2. The van der Waals surface area contributed by atoms with Crippen molar-refractivity contribution in [1.82, 2.24) is 0 Å². The second kappa shape index (κ2) is 3.69. The Bertz CT molecular complexity index is 790. The zero-order valence-electron chi connectivity index (χ0n) is 10.4. The van der Waals surface area contributed by atoms with Crippen molar-refractivity contribution in [2.75, 3.05) is 0 Å². The summed E-state index contributed by atoms with van der Waals surface area (Å²) in [5.41, 5.74) is 4.37. The summed E-state index contributed by atoms with van der Waals surface area (Å²) in [6.07, 6.45) is 6.92. The van der Waals surface area contributed by atoms with Crippen molar-refractivity contribution in [2.45, 2.75) is 19.8 Å². The van der Waals surface area contributed by atoms with E-state index in [2.05, 4.69) is 49.4 Å². The summed E-state index contributed by atoms with van der Waals surface area (Å²) in [7, 11) is 0. The first-order chi connectivity index (χ1) is 8.84. The van der Waals surface area contributed by atoms with E-state index in [4.69, 9.17) is 0 Å². The maximum atomic E-state index is 2.29. The average Bonchev–Trinajstić information content (AvgIpc) is 2.79. The lowest BCUT2D eigenvalue weighted by atomic mass is 9.92. The number of allylic oxidation sites excluding steroid dienone is 1. The number of aryl methyl sites for hydroxylation is 2. The predicted molar refractivity (Wildman–Crippen MR) is 81.4 cm³/mol. The van der Waals surface area contributed by atoms with Gasteiger partial charge in [0.2, 0.25) is 0 Å². The van der Waals surface area contributed by atoms with E-state index < -0.39 is 0 Å². The van der Waals surface area contributed by atoms with Gasteiger partial charge in [0.05, 0.1) is 0 Å². The van der Waals surface area contributed by atoms with Gasteiger partial charge in [-0.05, 0) is 48.6 Å². The molecule has 1 aliphatic rings. The third kappa shape index (κ3) is 1.31. The molecule has 0 fully saturated rings. The quantitative estimate of drug-likeness (QED) is 0.506. The van der Waals surface area contributed by atoms with Crippen LogP contribution in [0.3, 0.4) is 0 Å².